The third-order valence-corrected chi connectivity index (χ3v) is 4.67. The molecule has 0 fully saturated rings. The summed E-state index contributed by atoms with van der Waals surface area (Å²) in [6.07, 6.45) is 0. The van der Waals surface area contributed by atoms with Crippen LogP contribution >= 0.6 is 23.2 Å². The van der Waals surface area contributed by atoms with Crippen LogP contribution in [0.25, 0.3) is 22.5 Å². The zero-order valence-corrected chi connectivity index (χ0v) is 15.0. The maximum atomic E-state index is 12.4. The molecule has 0 saturated heterocycles. The lowest BCUT2D eigenvalue weighted by Gasteiger charge is -2.08. The Morgan fingerprint density at radius 3 is 2.50 bits per heavy atom. The van der Waals surface area contributed by atoms with Gasteiger partial charge in [0, 0.05) is 22.2 Å². The van der Waals surface area contributed by atoms with E-state index in [4.69, 9.17) is 27.7 Å². The van der Waals surface area contributed by atoms with Crippen molar-refractivity contribution in [1.82, 2.24) is 5.16 Å². The van der Waals surface area contributed by atoms with Crippen LogP contribution in [0.15, 0.2) is 47.0 Å². The molecular formula is C19H12Cl2N2O3. The van der Waals surface area contributed by atoms with Crippen molar-refractivity contribution in [2.45, 2.75) is 6.92 Å². The first-order valence-electron chi connectivity index (χ1n) is 7.72. The topological polar surface area (TPSA) is 75.4 Å². The number of halogens is 2. The second kappa shape index (κ2) is 6.20. The zero-order valence-electron chi connectivity index (χ0n) is 13.5. The summed E-state index contributed by atoms with van der Waals surface area (Å²) < 4.78 is 5.08. The number of rotatable bonds is 2. The van der Waals surface area contributed by atoms with Crippen molar-refractivity contribution in [3.63, 3.8) is 0 Å². The van der Waals surface area contributed by atoms with Crippen molar-refractivity contribution in [3.05, 3.63) is 69.5 Å². The molecule has 2 aromatic carbocycles. The number of hydrogen-bond donors (Lipinski definition) is 2. The number of nitrogens with one attached hydrogen (secondary N) is 1. The number of carbonyl (C=O) groups excluding carboxylic acids is 1. The van der Waals surface area contributed by atoms with Gasteiger partial charge < -0.3 is 14.9 Å². The van der Waals surface area contributed by atoms with E-state index in [0.29, 0.717) is 27.0 Å². The van der Waals surface area contributed by atoms with E-state index in [2.05, 4.69) is 10.5 Å². The van der Waals surface area contributed by atoms with Crippen LogP contribution in [0, 0.1) is 6.92 Å². The number of benzene rings is 2. The molecule has 0 bridgehead atoms. The van der Waals surface area contributed by atoms with E-state index in [1.54, 1.807) is 37.3 Å². The lowest BCUT2D eigenvalue weighted by Crippen LogP contribution is -2.05. The molecule has 5 nitrogen and oxygen atoms in total. The zero-order chi connectivity index (χ0) is 18.4. The highest BCUT2D eigenvalue weighted by Gasteiger charge is 2.31. The molecular weight excluding hydrogens is 375 g/mol. The van der Waals surface area contributed by atoms with E-state index in [0.717, 1.165) is 11.1 Å². The Kier molecular flexibility index (Phi) is 3.98. The van der Waals surface area contributed by atoms with Crippen LogP contribution in [0.4, 0.5) is 5.69 Å². The van der Waals surface area contributed by atoms with Crippen LogP contribution in [0.1, 0.15) is 17.0 Å². The second-order valence-corrected chi connectivity index (χ2v) is 6.74. The third kappa shape index (κ3) is 2.75. The van der Waals surface area contributed by atoms with E-state index in [9.17, 15) is 9.90 Å². The summed E-state index contributed by atoms with van der Waals surface area (Å²) in [7, 11) is 0. The van der Waals surface area contributed by atoms with Gasteiger partial charge in [-0.3, -0.25) is 4.79 Å². The van der Waals surface area contributed by atoms with Gasteiger partial charge in [0.05, 0.1) is 22.0 Å². The van der Waals surface area contributed by atoms with Crippen molar-refractivity contribution in [1.29, 1.82) is 0 Å². The molecule has 1 amide bonds. The Labute approximate surface area is 158 Å². The minimum Gasteiger partial charge on any atom is -0.504 e. The van der Waals surface area contributed by atoms with Gasteiger partial charge in [-0.25, -0.2) is 0 Å². The van der Waals surface area contributed by atoms with Crippen LogP contribution < -0.4 is 5.32 Å². The molecule has 2 heterocycles. The number of carbonyl (C=O) groups is 1. The van der Waals surface area contributed by atoms with Crippen LogP contribution in [0.2, 0.25) is 10.0 Å². The smallest absolute Gasteiger partial charge is 0.260 e. The molecule has 0 radical (unpaired) electrons. The number of hydrogen-bond acceptors (Lipinski definition) is 4. The number of aliphatic hydroxyl groups excluding tert-OH is 1. The number of aryl methyl sites for hydroxylation is 1. The molecule has 0 saturated carbocycles. The number of anilines is 1. The molecule has 1 aromatic heterocycles. The minimum absolute atomic E-state index is 0.114. The van der Waals surface area contributed by atoms with Crippen molar-refractivity contribution >= 4 is 46.1 Å². The van der Waals surface area contributed by atoms with Gasteiger partial charge in [0.2, 0.25) is 5.76 Å². The second-order valence-electron chi connectivity index (χ2n) is 5.89. The van der Waals surface area contributed by atoms with Gasteiger partial charge in [0.1, 0.15) is 0 Å². The lowest BCUT2D eigenvalue weighted by atomic mass is 9.98. The van der Waals surface area contributed by atoms with Gasteiger partial charge in [0.15, 0.2) is 5.76 Å². The van der Waals surface area contributed by atoms with Gasteiger partial charge in [-0.1, -0.05) is 40.5 Å². The van der Waals surface area contributed by atoms with E-state index in [1.807, 2.05) is 12.1 Å². The molecule has 2 N–H and O–H groups in total. The normalized spacial score (nSPS) is 15.0. The Balaban J connectivity index is 1.90. The fourth-order valence-electron chi connectivity index (χ4n) is 2.87. The van der Waals surface area contributed by atoms with Crippen LogP contribution in [-0.4, -0.2) is 16.2 Å². The maximum absolute atomic E-state index is 12.4. The quantitative estimate of drug-likeness (QED) is 0.460. The Morgan fingerprint density at radius 1 is 1.12 bits per heavy atom. The van der Waals surface area contributed by atoms with Crippen LogP contribution in [-0.2, 0) is 4.79 Å². The van der Waals surface area contributed by atoms with Gasteiger partial charge in [-0.15, -0.1) is 0 Å². The van der Waals surface area contributed by atoms with Crippen LogP contribution in [0.3, 0.4) is 0 Å². The highest BCUT2D eigenvalue weighted by Crippen LogP contribution is 2.42. The number of fused-ring (bicyclic) bond motifs is 1. The summed E-state index contributed by atoms with van der Waals surface area (Å²) in [4.78, 5) is 12.4. The lowest BCUT2D eigenvalue weighted by molar-refractivity contribution is -0.110. The molecule has 0 spiro atoms. The molecule has 1 aliphatic rings. The van der Waals surface area contributed by atoms with Gasteiger partial charge >= 0.3 is 0 Å². The van der Waals surface area contributed by atoms with E-state index in [-0.39, 0.29) is 17.1 Å². The Morgan fingerprint density at radius 2 is 1.85 bits per heavy atom. The van der Waals surface area contributed by atoms with Crippen molar-refractivity contribution in [2.24, 2.45) is 0 Å². The average Bonchev–Trinajstić information content (AvgIpc) is 3.17. The van der Waals surface area contributed by atoms with E-state index < -0.39 is 5.91 Å². The highest BCUT2D eigenvalue weighted by atomic mass is 35.5. The molecule has 3 aromatic rings. The van der Waals surface area contributed by atoms with Crippen molar-refractivity contribution in [2.75, 3.05) is 5.32 Å². The fourth-order valence-corrected chi connectivity index (χ4v) is 3.27. The first-order valence-corrected chi connectivity index (χ1v) is 8.48. The van der Waals surface area contributed by atoms with Crippen molar-refractivity contribution < 1.29 is 14.4 Å². The average molecular weight is 387 g/mol. The number of nitrogens with zero attached hydrogens (tertiary/aromatic N) is 1. The highest BCUT2D eigenvalue weighted by molar-refractivity contribution is 6.38. The molecule has 7 heteroatoms. The number of amides is 1. The third-order valence-electron chi connectivity index (χ3n) is 4.11. The van der Waals surface area contributed by atoms with Crippen LogP contribution in [0.5, 0.6) is 0 Å². The number of aliphatic hydroxyl groups is 1. The molecule has 0 atom stereocenters. The van der Waals surface area contributed by atoms with E-state index in [1.165, 1.54) is 0 Å². The first-order chi connectivity index (χ1) is 12.4. The summed E-state index contributed by atoms with van der Waals surface area (Å²) in [5, 5.41) is 18.1. The largest absolute Gasteiger partial charge is 0.504 e. The predicted molar refractivity (Wildman–Crippen MR) is 101 cm³/mol. The van der Waals surface area contributed by atoms with Gasteiger partial charge in [0.25, 0.3) is 5.91 Å². The summed E-state index contributed by atoms with van der Waals surface area (Å²) in [6, 6.07) is 12.2. The molecule has 0 aliphatic carbocycles. The molecule has 0 unspecified atom stereocenters. The fraction of sp³-hybridized carbons (Fsp3) is 0.0526. The van der Waals surface area contributed by atoms with Gasteiger partial charge in [-0.2, -0.15) is 0 Å². The molecule has 130 valence electrons. The standard InChI is InChI=1S/C19H12Cl2N2O3/c1-9-6-16(26-23-9)18(24)17-13-7-12(10-2-4-11(20)5-3-10)14(21)8-15(13)22-19(17)25/h2-8,24H,1H3,(H,22,25)/b18-17+. The molecule has 4 rings (SSSR count). The molecule has 1 aliphatic heterocycles. The summed E-state index contributed by atoms with van der Waals surface area (Å²) in [5.74, 6) is -0.578. The minimum atomic E-state index is -0.434. The Bertz CT molecular complexity index is 1070. The summed E-state index contributed by atoms with van der Waals surface area (Å²) in [5.41, 5.74) is 3.34. The van der Waals surface area contributed by atoms with Crippen molar-refractivity contribution in [3.8, 4) is 11.1 Å². The number of aromatic nitrogens is 1. The Hall–Kier alpha value is -2.76. The van der Waals surface area contributed by atoms with E-state index >= 15 is 0 Å². The molecule has 26 heavy (non-hydrogen) atoms. The monoisotopic (exact) mass is 386 g/mol. The predicted octanol–water partition coefficient (Wildman–Crippen LogP) is 5.34. The summed E-state index contributed by atoms with van der Waals surface area (Å²) in [6.45, 7) is 1.73. The summed E-state index contributed by atoms with van der Waals surface area (Å²) >= 11 is 12.3. The van der Waals surface area contributed by atoms with Gasteiger partial charge in [-0.05, 0) is 36.8 Å². The SMILES string of the molecule is Cc1cc(/C(O)=C2\C(=O)Nc3cc(Cl)c(-c4ccc(Cl)cc4)cc32)on1. The maximum Gasteiger partial charge on any atom is 0.260 e. The first kappa shape index (κ1) is 16.7.